The smallest absolute Gasteiger partial charge is 0.425 e. The van der Waals surface area contributed by atoms with Crippen molar-refractivity contribution in [2.45, 2.75) is 11.8 Å². The highest BCUT2D eigenvalue weighted by molar-refractivity contribution is 5.45. The van der Waals surface area contributed by atoms with Crippen LogP contribution in [-0.2, 0) is 5.60 Å². The van der Waals surface area contributed by atoms with Gasteiger partial charge in [0.05, 0.1) is 0 Å². The fourth-order valence-corrected chi connectivity index (χ4v) is 1.94. The van der Waals surface area contributed by atoms with Crippen LogP contribution in [0.2, 0.25) is 0 Å². The van der Waals surface area contributed by atoms with Crippen LogP contribution in [0.25, 0.3) is 0 Å². The number of alkyl halides is 3. The molecule has 0 aromatic heterocycles. The van der Waals surface area contributed by atoms with Crippen molar-refractivity contribution >= 4 is 0 Å². The van der Waals surface area contributed by atoms with Crippen LogP contribution in [0.1, 0.15) is 11.1 Å². The van der Waals surface area contributed by atoms with Crippen molar-refractivity contribution in [2.75, 3.05) is 0 Å². The Morgan fingerprint density at radius 2 is 1.40 bits per heavy atom. The van der Waals surface area contributed by atoms with E-state index in [2.05, 4.69) is 0 Å². The van der Waals surface area contributed by atoms with Crippen LogP contribution in [0, 0.1) is 5.82 Å². The monoisotopic (exact) mass is 286 g/mol. The first-order valence-electron chi connectivity index (χ1n) is 5.60. The Labute approximate surface area is 111 Å². The van der Waals surface area contributed by atoms with Gasteiger partial charge < -0.3 is 10.2 Å². The van der Waals surface area contributed by atoms with E-state index in [1.807, 2.05) is 0 Å². The summed E-state index contributed by atoms with van der Waals surface area (Å²) in [5.41, 5.74) is -4.70. The Hall–Kier alpha value is -2.08. The lowest BCUT2D eigenvalue weighted by Gasteiger charge is -2.31. The summed E-state index contributed by atoms with van der Waals surface area (Å²) in [5.74, 6) is -1.42. The third kappa shape index (κ3) is 2.22. The molecule has 0 amide bonds. The second kappa shape index (κ2) is 4.79. The van der Waals surface area contributed by atoms with E-state index in [9.17, 15) is 27.8 Å². The molecule has 1 atom stereocenters. The molecule has 1 unspecified atom stereocenters. The first kappa shape index (κ1) is 14.3. The van der Waals surface area contributed by atoms with Crippen LogP contribution in [0.4, 0.5) is 17.6 Å². The molecule has 0 heterocycles. The van der Waals surface area contributed by atoms with E-state index in [-0.39, 0.29) is 0 Å². The Bertz CT molecular complexity index is 607. The van der Waals surface area contributed by atoms with Gasteiger partial charge in [0, 0.05) is 5.56 Å². The molecule has 20 heavy (non-hydrogen) atoms. The highest BCUT2D eigenvalue weighted by atomic mass is 19.4. The van der Waals surface area contributed by atoms with Gasteiger partial charge in [0.15, 0.2) is 0 Å². The second-order valence-corrected chi connectivity index (χ2v) is 4.23. The normalized spacial score (nSPS) is 14.8. The van der Waals surface area contributed by atoms with Gasteiger partial charge in [-0.05, 0) is 23.8 Å². The van der Waals surface area contributed by atoms with Crippen LogP contribution >= 0.6 is 0 Å². The van der Waals surface area contributed by atoms with Gasteiger partial charge in [0.1, 0.15) is 11.6 Å². The second-order valence-electron chi connectivity index (χ2n) is 4.23. The summed E-state index contributed by atoms with van der Waals surface area (Å²) in [4.78, 5) is 0. The van der Waals surface area contributed by atoms with E-state index in [1.165, 1.54) is 12.1 Å². The molecule has 0 aliphatic rings. The van der Waals surface area contributed by atoms with Crippen LogP contribution in [0.3, 0.4) is 0 Å². The molecule has 0 bridgehead atoms. The van der Waals surface area contributed by atoms with Crippen LogP contribution in [0.5, 0.6) is 5.75 Å². The minimum Gasteiger partial charge on any atom is -0.508 e. The van der Waals surface area contributed by atoms with Gasteiger partial charge in [-0.25, -0.2) is 4.39 Å². The molecule has 0 spiro atoms. The van der Waals surface area contributed by atoms with Gasteiger partial charge in [-0.15, -0.1) is 0 Å². The van der Waals surface area contributed by atoms with Crippen molar-refractivity contribution in [3.63, 3.8) is 0 Å². The van der Waals surface area contributed by atoms with E-state index < -0.39 is 34.5 Å². The zero-order valence-electron chi connectivity index (χ0n) is 10.0. The number of aromatic hydroxyl groups is 1. The third-order valence-electron chi connectivity index (χ3n) is 2.97. The number of hydrogen-bond acceptors (Lipinski definition) is 2. The summed E-state index contributed by atoms with van der Waals surface area (Å²) < 4.78 is 52.7. The lowest BCUT2D eigenvalue weighted by Crippen LogP contribution is -2.43. The number of para-hydroxylation sites is 1. The number of aliphatic hydroxyl groups is 1. The molecular weight excluding hydrogens is 276 g/mol. The van der Waals surface area contributed by atoms with Crippen molar-refractivity contribution in [2.24, 2.45) is 0 Å². The summed E-state index contributed by atoms with van der Waals surface area (Å²) >= 11 is 0. The lowest BCUT2D eigenvalue weighted by molar-refractivity contribution is -0.248. The van der Waals surface area contributed by atoms with Gasteiger partial charge >= 0.3 is 6.18 Å². The predicted octanol–water partition coefficient (Wildman–Crippen LogP) is 3.33. The molecular formula is C14H10F4O2. The van der Waals surface area contributed by atoms with Gasteiger partial charge in [-0.2, -0.15) is 13.2 Å². The molecule has 0 saturated carbocycles. The Morgan fingerprint density at radius 1 is 0.850 bits per heavy atom. The summed E-state index contributed by atoms with van der Waals surface area (Å²) in [5, 5.41) is 19.7. The molecule has 6 heteroatoms. The van der Waals surface area contributed by atoms with E-state index in [0.29, 0.717) is 0 Å². The number of halogens is 4. The molecule has 0 saturated heterocycles. The first-order chi connectivity index (χ1) is 9.26. The maximum Gasteiger partial charge on any atom is 0.425 e. The highest BCUT2D eigenvalue weighted by Crippen LogP contribution is 2.46. The molecule has 2 nitrogen and oxygen atoms in total. The average molecular weight is 286 g/mol. The molecule has 2 rings (SSSR count). The van der Waals surface area contributed by atoms with Crippen LogP contribution in [-0.4, -0.2) is 16.4 Å². The maximum atomic E-state index is 13.3. The minimum absolute atomic E-state index is 0.576. The van der Waals surface area contributed by atoms with Crippen LogP contribution < -0.4 is 0 Å². The number of hydrogen-bond donors (Lipinski definition) is 2. The molecule has 2 aromatic rings. The summed E-state index contributed by atoms with van der Waals surface area (Å²) in [6.45, 7) is 0. The molecule has 0 aliphatic heterocycles. The number of phenolic OH excluding ortho intramolecular Hbond substituents is 1. The van der Waals surface area contributed by atoms with Gasteiger partial charge in [-0.3, -0.25) is 0 Å². The zero-order valence-corrected chi connectivity index (χ0v) is 10.0. The third-order valence-corrected chi connectivity index (χ3v) is 2.97. The number of benzene rings is 2. The van der Waals surface area contributed by atoms with Crippen molar-refractivity contribution < 1.29 is 27.8 Å². The fraction of sp³-hybridized carbons (Fsp3) is 0.143. The SMILES string of the molecule is Oc1ccccc1C(O)(c1ccc(F)cc1)C(F)(F)F. The summed E-state index contributed by atoms with van der Waals surface area (Å²) in [7, 11) is 0. The van der Waals surface area contributed by atoms with Gasteiger partial charge in [0.2, 0.25) is 5.60 Å². The summed E-state index contributed by atoms with van der Waals surface area (Å²) in [6, 6.07) is 7.87. The van der Waals surface area contributed by atoms with Gasteiger partial charge in [0.25, 0.3) is 0 Å². The highest BCUT2D eigenvalue weighted by Gasteiger charge is 2.57. The Kier molecular flexibility index (Phi) is 3.43. The molecule has 106 valence electrons. The lowest BCUT2D eigenvalue weighted by atomic mass is 9.85. The maximum absolute atomic E-state index is 13.3. The van der Waals surface area contributed by atoms with E-state index in [1.54, 1.807) is 0 Å². The quantitative estimate of drug-likeness (QED) is 0.831. The van der Waals surface area contributed by atoms with Crippen molar-refractivity contribution in [1.82, 2.24) is 0 Å². The minimum atomic E-state index is -5.08. The number of rotatable bonds is 2. The fourth-order valence-electron chi connectivity index (χ4n) is 1.94. The summed E-state index contributed by atoms with van der Waals surface area (Å²) in [6.07, 6.45) is -5.08. The zero-order chi connectivity index (χ0) is 15.0. The van der Waals surface area contributed by atoms with Gasteiger partial charge in [-0.1, -0.05) is 30.3 Å². The first-order valence-corrected chi connectivity index (χ1v) is 5.60. The number of phenols is 1. The van der Waals surface area contributed by atoms with E-state index in [4.69, 9.17) is 0 Å². The Balaban J connectivity index is 2.70. The van der Waals surface area contributed by atoms with Crippen molar-refractivity contribution in [3.05, 3.63) is 65.5 Å². The standard InChI is InChI=1S/C14H10F4O2/c15-10-7-5-9(6-8-10)13(20,14(16,17)18)11-3-1-2-4-12(11)19/h1-8,19-20H. The molecule has 0 fully saturated rings. The van der Waals surface area contributed by atoms with E-state index >= 15 is 0 Å². The topological polar surface area (TPSA) is 40.5 Å². The molecule has 0 aliphatic carbocycles. The molecule has 2 aromatic carbocycles. The van der Waals surface area contributed by atoms with Crippen LogP contribution in [0.15, 0.2) is 48.5 Å². The van der Waals surface area contributed by atoms with Crippen molar-refractivity contribution in [1.29, 1.82) is 0 Å². The van der Waals surface area contributed by atoms with Crippen molar-refractivity contribution in [3.8, 4) is 5.75 Å². The predicted molar refractivity (Wildman–Crippen MR) is 63.6 cm³/mol. The average Bonchev–Trinajstić information content (AvgIpc) is 2.38. The molecule has 2 N–H and O–H groups in total. The molecule has 0 radical (unpaired) electrons. The largest absolute Gasteiger partial charge is 0.508 e. The Morgan fingerprint density at radius 3 is 1.90 bits per heavy atom. The van der Waals surface area contributed by atoms with E-state index in [0.717, 1.165) is 36.4 Å².